The van der Waals surface area contributed by atoms with Gasteiger partial charge in [0.05, 0.1) is 5.56 Å². The quantitative estimate of drug-likeness (QED) is 0.601. The molecule has 31 heavy (non-hydrogen) atoms. The molecule has 0 saturated carbocycles. The third-order valence-electron chi connectivity index (χ3n) is 5.61. The molecular formula is C24H26FN3O3. The van der Waals surface area contributed by atoms with Gasteiger partial charge in [-0.2, -0.15) is 0 Å². The Bertz CT molecular complexity index is 1060. The van der Waals surface area contributed by atoms with Crippen molar-refractivity contribution in [1.82, 2.24) is 15.0 Å². The molecule has 1 saturated heterocycles. The molecule has 1 amide bonds. The van der Waals surface area contributed by atoms with Crippen LogP contribution in [-0.2, 0) is 13.2 Å². The van der Waals surface area contributed by atoms with Crippen molar-refractivity contribution in [3.05, 3.63) is 82.5 Å². The molecule has 2 heterocycles. The van der Waals surface area contributed by atoms with Crippen LogP contribution in [0.5, 0.6) is 5.75 Å². The van der Waals surface area contributed by atoms with Gasteiger partial charge in [0.1, 0.15) is 23.9 Å². The van der Waals surface area contributed by atoms with Crippen molar-refractivity contribution in [2.75, 3.05) is 26.2 Å². The Balaban J connectivity index is 1.37. The van der Waals surface area contributed by atoms with Crippen LogP contribution in [0, 0.1) is 19.7 Å². The van der Waals surface area contributed by atoms with Gasteiger partial charge in [-0.15, -0.1) is 0 Å². The molecule has 1 fully saturated rings. The Labute approximate surface area is 181 Å². The second kappa shape index (κ2) is 9.31. The number of para-hydroxylation sites is 1. The second-order valence-electron chi connectivity index (χ2n) is 7.82. The second-order valence-corrected chi connectivity index (χ2v) is 7.82. The zero-order valence-corrected chi connectivity index (χ0v) is 17.8. The van der Waals surface area contributed by atoms with Crippen molar-refractivity contribution in [2.45, 2.75) is 27.0 Å². The van der Waals surface area contributed by atoms with Crippen LogP contribution in [-0.4, -0.2) is 47.0 Å². The molecule has 3 aromatic rings. The lowest BCUT2D eigenvalue weighted by molar-refractivity contribution is 0.0616. The fourth-order valence-electron chi connectivity index (χ4n) is 3.75. The molecule has 2 aromatic carbocycles. The topological polar surface area (TPSA) is 58.8 Å². The minimum atomic E-state index is -0.229. The number of amides is 1. The van der Waals surface area contributed by atoms with E-state index in [-0.39, 0.29) is 18.3 Å². The van der Waals surface area contributed by atoms with E-state index in [1.165, 1.54) is 6.07 Å². The number of piperazine rings is 1. The minimum Gasteiger partial charge on any atom is -0.488 e. The van der Waals surface area contributed by atoms with Crippen LogP contribution in [0.3, 0.4) is 0 Å². The predicted octanol–water partition coefficient (Wildman–Crippen LogP) is 3.97. The largest absolute Gasteiger partial charge is 0.488 e. The Morgan fingerprint density at radius 1 is 1.10 bits per heavy atom. The fourth-order valence-corrected chi connectivity index (χ4v) is 3.75. The highest BCUT2D eigenvalue weighted by molar-refractivity contribution is 5.93. The Morgan fingerprint density at radius 2 is 1.87 bits per heavy atom. The summed E-state index contributed by atoms with van der Waals surface area (Å²) < 4.78 is 24.7. The van der Waals surface area contributed by atoms with E-state index in [2.05, 4.69) is 10.1 Å². The van der Waals surface area contributed by atoms with Gasteiger partial charge >= 0.3 is 0 Å². The number of aromatic nitrogens is 1. The van der Waals surface area contributed by atoms with E-state index in [1.54, 1.807) is 24.0 Å². The number of halogens is 1. The van der Waals surface area contributed by atoms with Crippen LogP contribution in [0.2, 0.25) is 0 Å². The maximum absolute atomic E-state index is 13.4. The summed E-state index contributed by atoms with van der Waals surface area (Å²) in [6.07, 6.45) is 0. The number of rotatable bonds is 6. The van der Waals surface area contributed by atoms with Crippen LogP contribution >= 0.6 is 0 Å². The molecule has 6 nitrogen and oxygen atoms in total. The van der Waals surface area contributed by atoms with Crippen LogP contribution < -0.4 is 4.74 Å². The summed E-state index contributed by atoms with van der Waals surface area (Å²) >= 11 is 0. The highest BCUT2D eigenvalue weighted by Gasteiger charge is 2.28. The first kappa shape index (κ1) is 21.1. The SMILES string of the molecule is Cc1ccccc1OCc1c(C(=O)N2CCN(Cc3cccc(F)c3)CC2)noc1C. The fraction of sp³-hybridized carbons (Fsp3) is 0.333. The third-order valence-corrected chi connectivity index (χ3v) is 5.61. The molecule has 1 aliphatic rings. The lowest BCUT2D eigenvalue weighted by Gasteiger charge is -2.34. The minimum absolute atomic E-state index is 0.148. The van der Waals surface area contributed by atoms with E-state index >= 15 is 0 Å². The molecular weight excluding hydrogens is 397 g/mol. The van der Waals surface area contributed by atoms with Gasteiger partial charge in [0.25, 0.3) is 5.91 Å². The van der Waals surface area contributed by atoms with E-state index in [1.807, 2.05) is 37.3 Å². The van der Waals surface area contributed by atoms with Crippen LogP contribution in [0.15, 0.2) is 53.1 Å². The first-order chi connectivity index (χ1) is 15.0. The van der Waals surface area contributed by atoms with E-state index in [4.69, 9.17) is 9.26 Å². The first-order valence-corrected chi connectivity index (χ1v) is 10.4. The number of benzene rings is 2. The number of hydrogen-bond donors (Lipinski definition) is 0. The maximum atomic E-state index is 13.4. The summed E-state index contributed by atoms with van der Waals surface area (Å²) in [5.74, 6) is 0.980. The average Bonchev–Trinajstić information content (AvgIpc) is 3.13. The number of nitrogens with zero attached hydrogens (tertiary/aromatic N) is 3. The Morgan fingerprint density at radius 3 is 2.61 bits per heavy atom. The standard InChI is InChI=1S/C24H26FN3O3/c1-17-6-3-4-9-22(17)30-16-21-18(2)31-26-23(21)24(29)28-12-10-27(11-13-28)15-19-7-5-8-20(25)14-19/h3-9,14H,10-13,15-16H2,1-2H3. The molecule has 1 aromatic heterocycles. The predicted molar refractivity (Wildman–Crippen MR) is 114 cm³/mol. The average molecular weight is 423 g/mol. The first-order valence-electron chi connectivity index (χ1n) is 10.4. The van der Waals surface area contributed by atoms with Crippen molar-refractivity contribution < 1.29 is 18.4 Å². The number of carbonyl (C=O) groups excluding carboxylic acids is 1. The third kappa shape index (κ3) is 4.94. The Hall–Kier alpha value is -3.19. The van der Waals surface area contributed by atoms with E-state index in [9.17, 15) is 9.18 Å². The van der Waals surface area contributed by atoms with E-state index in [0.717, 1.165) is 16.9 Å². The van der Waals surface area contributed by atoms with Gasteiger partial charge in [0.15, 0.2) is 5.69 Å². The molecule has 7 heteroatoms. The summed E-state index contributed by atoms with van der Waals surface area (Å²) in [5, 5.41) is 4.02. The number of aryl methyl sites for hydroxylation is 2. The lowest BCUT2D eigenvalue weighted by Crippen LogP contribution is -2.48. The van der Waals surface area contributed by atoms with Crippen molar-refractivity contribution in [1.29, 1.82) is 0 Å². The molecule has 162 valence electrons. The van der Waals surface area contributed by atoms with Crippen LogP contribution in [0.4, 0.5) is 4.39 Å². The molecule has 0 atom stereocenters. The summed E-state index contributed by atoms with van der Waals surface area (Å²) in [5.41, 5.74) is 2.95. The molecule has 0 unspecified atom stereocenters. The summed E-state index contributed by atoms with van der Waals surface area (Å²) in [6, 6.07) is 14.4. The zero-order chi connectivity index (χ0) is 21.8. The van der Waals surface area contributed by atoms with E-state index < -0.39 is 0 Å². The Kier molecular flexibility index (Phi) is 6.32. The highest BCUT2D eigenvalue weighted by atomic mass is 19.1. The summed E-state index contributed by atoms with van der Waals surface area (Å²) in [7, 11) is 0. The molecule has 0 spiro atoms. The van der Waals surface area contributed by atoms with E-state index in [0.29, 0.717) is 49.7 Å². The summed E-state index contributed by atoms with van der Waals surface area (Å²) in [4.78, 5) is 17.1. The number of carbonyl (C=O) groups is 1. The van der Waals surface area contributed by atoms with Gasteiger partial charge in [-0.3, -0.25) is 9.69 Å². The van der Waals surface area contributed by atoms with Gasteiger partial charge in [0.2, 0.25) is 0 Å². The number of hydrogen-bond acceptors (Lipinski definition) is 5. The smallest absolute Gasteiger partial charge is 0.276 e. The normalized spacial score (nSPS) is 14.6. The van der Waals surface area contributed by atoms with Crippen LogP contribution in [0.25, 0.3) is 0 Å². The van der Waals surface area contributed by atoms with Crippen molar-refractivity contribution in [3.63, 3.8) is 0 Å². The van der Waals surface area contributed by atoms with Crippen molar-refractivity contribution >= 4 is 5.91 Å². The highest BCUT2D eigenvalue weighted by Crippen LogP contribution is 2.22. The van der Waals surface area contributed by atoms with Gasteiger partial charge in [-0.1, -0.05) is 35.5 Å². The molecule has 0 radical (unpaired) electrons. The van der Waals surface area contributed by atoms with Crippen LogP contribution in [0.1, 0.15) is 32.9 Å². The van der Waals surface area contributed by atoms with Crippen molar-refractivity contribution in [3.8, 4) is 5.75 Å². The van der Waals surface area contributed by atoms with Gasteiger partial charge in [-0.25, -0.2) is 4.39 Å². The van der Waals surface area contributed by atoms with Crippen molar-refractivity contribution in [2.24, 2.45) is 0 Å². The van der Waals surface area contributed by atoms with Gasteiger partial charge < -0.3 is 14.2 Å². The van der Waals surface area contributed by atoms with Gasteiger partial charge in [-0.05, 0) is 43.2 Å². The molecule has 0 N–H and O–H groups in total. The molecule has 0 aliphatic carbocycles. The molecule has 1 aliphatic heterocycles. The monoisotopic (exact) mass is 423 g/mol. The zero-order valence-electron chi connectivity index (χ0n) is 17.8. The lowest BCUT2D eigenvalue weighted by atomic mass is 10.1. The van der Waals surface area contributed by atoms with Gasteiger partial charge in [0, 0.05) is 32.7 Å². The maximum Gasteiger partial charge on any atom is 0.276 e. The summed E-state index contributed by atoms with van der Waals surface area (Å²) in [6.45, 7) is 7.25. The molecule has 4 rings (SSSR count). The molecule has 0 bridgehead atoms. The number of ether oxygens (including phenoxy) is 1.